The molecule has 1 N–H and O–H groups in total. The maximum atomic E-state index is 8.17. The smallest absolute Gasteiger partial charge is 0.128 e. The molecular weight excluding hydrogens is 216 g/mol. The highest BCUT2D eigenvalue weighted by molar-refractivity contribution is 5.96. The van der Waals surface area contributed by atoms with E-state index < -0.39 is 0 Å². The van der Waals surface area contributed by atoms with Crippen molar-refractivity contribution >= 4 is 5.84 Å². The van der Waals surface area contributed by atoms with E-state index in [0.29, 0.717) is 18.9 Å². The SMILES string of the molecule is COC1CN(C(=N)c2ccccc2)CC1OC. The van der Waals surface area contributed by atoms with E-state index >= 15 is 0 Å². The number of methoxy groups -OCH3 is 2. The fourth-order valence-corrected chi connectivity index (χ4v) is 2.16. The Labute approximate surface area is 102 Å². The van der Waals surface area contributed by atoms with Crippen molar-refractivity contribution in [3.8, 4) is 0 Å². The molecule has 0 amide bonds. The number of rotatable bonds is 3. The Morgan fingerprint density at radius 3 is 2.12 bits per heavy atom. The van der Waals surface area contributed by atoms with Crippen LogP contribution in [0.3, 0.4) is 0 Å². The molecule has 0 spiro atoms. The molecule has 0 aliphatic carbocycles. The normalized spacial score (nSPS) is 24.0. The summed E-state index contributed by atoms with van der Waals surface area (Å²) >= 11 is 0. The summed E-state index contributed by atoms with van der Waals surface area (Å²) in [7, 11) is 3.37. The lowest BCUT2D eigenvalue weighted by molar-refractivity contribution is -0.00461. The van der Waals surface area contributed by atoms with Gasteiger partial charge in [0.1, 0.15) is 18.0 Å². The minimum absolute atomic E-state index is 0.0454. The van der Waals surface area contributed by atoms with Gasteiger partial charge in [-0.1, -0.05) is 30.3 Å². The van der Waals surface area contributed by atoms with Gasteiger partial charge < -0.3 is 14.4 Å². The molecule has 0 saturated carbocycles. The number of benzene rings is 1. The third kappa shape index (κ3) is 2.48. The van der Waals surface area contributed by atoms with Gasteiger partial charge in [0.25, 0.3) is 0 Å². The summed E-state index contributed by atoms with van der Waals surface area (Å²) < 4.78 is 10.7. The van der Waals surface area contributed by atoms with Crippen LogP contribution in [0.4, 0.5) is 0 Å². The van der Waals surface area contributed by atoms with Gasteiger partial charge in [-0.25, -0.2) is 0 Å². The molecule has 1 aromatic rings. The maximum Gasteiger partial charge on any atom is 0.128 e. The summed E-state index contributed by atoms with van der Waals surface area (Å²) in [6.45, 7) is 1.42. The quantitative estimate of drug-likeness (QED) is 0.634. The van der Waals surface area contributed by atoms with Crippen molar-refractivity contribution in [1.29, 1.82) is 5.41 Å². The molecule has 2 unspecified atom stereocenters. The minimum Gasteiger partial charge on any atom is -0.377 e. The van der Waals surface area contributed by atoms with Gasteiger partial charge in [-0.3, -0.25) is 5.41 Å². The Bertz CT molecular complexity index is 368. The summed E-state index contributed by atoms with van der Waals surface area (Å²) in [6, 6.07) is 9.74. The number of hydrogen-bond acceptors (Lipinski definition) is 3. The van der Waals surface area contributed by atoms with Gasteiger partial charge in [-0.15, -0.1) is 0 Å². The predicted octanol–water partition coefficient (Wildman–Crippen LogP) is 1.36. The lowest BCUT2D eigenvalue weighted by atomic mass is 10.2. The zero-order valence-corrected chi connectivity index (χ0v) is 10.2. The molecule has 0 aromatic heterocycles. The van der Waals surface area contributed by atoms with Gasteiger partial charge in [-0.05, 0) is 0 Å². The Morgan fingerprint density at radius 1 is 1.12 bits per heavy atom. The predicted molar refractivity (Wildman–Crippen MR) is 66.4 cm³/mol. The fraction of sp³-hybridized carbons (Fsp3) is 0.462. The minimum atomic E-state index is 0.0454. The van der Waals surface area contributed by atoms with Gasteiger partial charge in [0.05, 0.1) is 0 Å². The fourth-order valence-electron chi connectivity index (χ4n) is 2.16. The third-order valence-corrected chi connectivity index (χ3v) is 3.18. The second-order valence-corrected chi connectivity index (χ2v) is 4.17. The van der Waals surface area contributed by atoms with Gasteiger partial charge >= 0.3 is 0 Å². The molecule has 17 heavy (non-hydrogen) atoms. The zero-order valence-electron chi connectivity index (χ0n) is 10.2. The van der Waals surface area contributed by atoms with Crippen LogP contribution in [0.25, 0.3) is 0 Å². The monoisotopic (exact) mass is 234 g/mol. The van der Waals surface area contributed by atoms with Crippen LogP contribution in [0.2, 0.25) is 0 Å². The van der Waals surface area contributed by atoms with E-state index in [1.807, 2.05) is 35.2 Å². The van der Waals surface area contributed by atoms with Crippen molar-refractivity contribution < 1.29 is 9.47 Å². The highest BCUT2D eigenvalue weighted by atomic mass is 16.5. The van der Waals surface area contributed by atoms with Crippen molar-refractivity contribution in [3.63, 3.8) is 0 Å². The third-order valence-electron chi connectivity index (χ3n) is 3.18. The summed E-state index contributed by atoms with van der Waals surface area (Å²) in [4.78, 5) is 2.00. The van der Waals surface area contributed by atoms with Gasteiger partial charge in [0.15, 0.2) is 0 Å². The standard InChI is InChI=1S/C13H18N2O2/c1-16-11-8-15(9-12(11)17-2)13(14)10-6-4-3-5-7-10/h3-7,11-12,14H,8-9H2,1-2H3. The van der Waals surface area contributed by atoms with Crippen LogP contribution in [0, 0.1) is 5.41 Å². The van der Waals surface area contributed by atoms with Crippen molar-refractivity contribution in [2.75, 3.05) is 27.3 Å². The molecule has 0 radical (unpaired) electrons. The number of hydrogen-bond donors (Lipinski definition) is 1. The first-order valence-corrected chi connectivity index (χ1v) is 5.70. The summed E-state index contributed by atoms with van der Waals surface area (Å²) in [5, 5.41) is 8.17. The average Bonchev–Trinajstić information content (AvgIpc) is 2.82. The van der Waals surface area contributed by atoms with Crippen molar-refractivity contribution in [2.45, 2.75) is 12.2 Å². The number of ether oxygens (including phenoxy) is 2. The average molecular weight is 234 g/mol. The first-order valence-electron chi connectivity index (χ1n) is 5.70. The number of nitrogens with one attached hydrogen (secondary N) is 1. The molecule has 2 rings (SSSR count). The molecule has 1 heterocycles. The molecule has 1 aromatic carbocycles. The molecule has 0 bridgehead atoms. The van der Waals surface area contributed by atoms with Crippen LogP contribution >= 0.6 is 0 Å². The van der Waals surface area contributed by atoms with E-state index in [2.05, 4.69) is 0 Å². The zero-order chi connectivity index (χ0) is 12.3. The highest BCUT2D eigenvalue weighted by Crippen LogP contribution is 2.18. The Morgan fingerprint density at radius 2 is 1.65 bits per heavy atom. The molecule has 4 nitrogen and oxygen atoms in total. The van der Waals surface area contributed by atoms with Crippen LogP contribution < -0.4 is 0 Å². The molecule has 4 heteroatoms. The largest absolute Gasteiger partial charge is 0.377 e. The molecule has 1 fully saturated rings. The van der Waals surface area contributed by atoms with Crippen LogP contribution in [-0.4, -0.2) is 50.3 Å². The Kier molecular flexibility index (Phi) is 3.76. The molecule has 2 atom stereocenters. The summed E-state index contributed by atoms with van der Waals surface area (Å²) in [6.07, 6.45) is 0.0909. The van der Waals surface area contributed by atoms with Crippen LogP contribution in [0.5, 0.6) is 0 Å². The highest BCUT2D eigenvalue weighted by Gasteiger charge is 2.34. The first-order chi connectivity index (χ1) is 8.26. The van der Waals surface area contributed by atoms with Gasteiger partial charge in [0.2, 0.25) is 0 Å². The van der Waals surface area contributed by atoms with Crippen LogP contribution in [0.1, 0.15) is 5.56 Å². The lowest BCUT2D eigenvalue weighted by Crippen LogP contribution is -2.30. The van der Waals surface area contributed by atoms with E-state index in [0.717, 1.165) is 5.56 Å². The molecule has 1 aliphatic rings. The topological polar surface area (TPSA) is 45.5 Å². The number of likely N-dealkylation sites (tertiary alicyclic amines) is 1. The lowest BCUT2D eigenvalue weighted by Gasteiger charge is -2.18. The van der Waals surface area contributed by atoms with Crippen molar-refractivity contribution in [2.24, 2.45) is 0 Å². The molecule has 92 valence electrons. The van der Waals surface area contributed by atoms with Crippen LogP contribution in [0.15, 0.2) is 30.3 Å². The van der Waals surface area contributed by atoms with E-state index in [1.54, 1.807) is 14.2 Å². The molecule has 1 aliphatic heterocycles. The second-order valence-electron chi connectivity index (χ2n) is 4.17. The molecule has 1 saturated heterocycles. The van der Waals surface area contributed by atoms with E-state index in [9.17, 15) is 0 Å². The Hall–Kier alpha value is -1.39. The van der Waals surface area contributed by atoms with E-state index in [4.69, 9.17) is 14.9 Å². The van der Waals surface area contributed by atoms with Crippen molar-refractivity contribution in [1.82, 2.24) is 4.90 Å². The van der Waals surface area contributed by atoms with Gasteiger partial charge in [0, 0.05) is 32.9 Å². The summed E-state index contributed by atoms with van der Waals surface area (Å²) in [5.74, 6) is 0.534. The second kappa shape index (κ2) is 5.29. The van der Waals surface area contributed by atoms with E-state index in [1.165, 1.54) is 0 Å². The van der Waals surface area contributed by atoms with Crippen molar-refractivity contribution in [3.05, 3.63) is 35.9 Å². The number of nitrogens with zero attached hydrogens (tertiary/aromatic N) is 1. The van der Waals surface area contributed by atoms with E-state index in [-0.39, 0.29) is 12.2 Å². The maximum absolute atomic E-state index is 8.17. The van der Waals surface area contributed by atoms with Crippen LogP contribution in [-0.2, 0) is 9.47 Å². The number of amidine groups is 1. The Balaban J connectivity index is 2.08. The van der Waals surface area contributed by atoms with Gasteiger partial charge in [-0.2, -0.15) is 0 Å². The first kappa shape index (κ1) is 12.1. The summed E-state index contributed by atoms with van der Waals surface area (Å²) in [5.41, 5.74) is 0.930. The molecular formula is C13H18N2O2.